The lowest BCUT2D eigenvalue weighted by molar-refractivity contribution is 0.674. The number of aromatic nitrogens is 3. The van der Waals surface area contributed by atoms with Gasteiger partial charge < -0.3 is 4.42 Å². The fourth-order valence-corrected chi connectivity index (χ4v) is 7.26. The molecule has 0 atom stereocenters. The van der Waals surface area contributed by atoms with Crippen LogP contribution < -0.4 is 0 Å². The highest BCUT2D eigenvalue weighted by Crippen LogP contribution is 2.42. The maximum atomic E-state index is 6.77. The Labute approximate surface area is 294 Å². The van der Waals surface area contributed by atoms with Crippen LogP contribution in [0.15, 0.2) is 180 Å². The number of hydrogen-bond acceptors (Lipinski definition) is 4. The third-order valence-corrected chi connectivity index (χ3v) is 9.75. The zero-order valence-electron chi connectivity index (χ0n) is 27.5. The monoisotopic (exact) mass is 651 g/mol. The summed E-state index contributed by atoms with van der Waals surface area (Å²) in [6, 6.07) is 60.9. The fourth-order valence-electron chi connectivity index (χ4n) is 7.26. The van der Waals surface area contributed by atoms with Crippen LogP contribution in [-0.4, -0.2) is 15.0 Å². The van der Waals surface area contributed by atoms with Crippen LogP contribution in [-0.2, 0) is 0 Å². The second-order valence-electron chi connectivity index (χ2n) is 12.8. The minimum atomic E-state index is 0.613. The zero-order chi connectivity index (χ0) is 33.7. The Morgan fingerprint density at radius 2 is 0.804 bits per heavy atom. The van der Waals surface area contributed by atoms with E-state index < -0.39 is 0 Å². The van der Waals surface area contributed by atoms with Crippen LogP contribution in [0.3, 0.4) is 0 Å². The van der Waals surface area contributed by atoms with Gasteiger partial charge in [-0.3, -0.25) is 0 Å². The molecule has 0 aliphatic carbocycles. The van der Waals surface area contributed by atoms with Gasteiger partial charge in [-0.15, -0.1) is 0 Å². The fraction of sp³-hybridized carbons (Fsp3) is 0. The second kappa shape index (κ2) is 11.9. The van der Waals surface area contributed by atoms with E-state index in [1.807, 2.05) is 12.1 Å². The first-order valence-corrected chi connectivity index (χ1v) is 17.1. The van der Waals surface area contributed by atoms with Gasteiger partial charge in [0.15, 0.2) is 17.5 Å². The average molecular weight is 652 g/mol. The molecule has 4 heteroatoms. The molecule has 0 N–H and O–H groups in total. The number of benzene rings is 8. The number of fused-ring (bicyclic) bond motifs is 6. The zero-order valence-corrected chi connectivity index (χ0v) is 27.5. The Morgan fingerprint density at radius 3 is 1.59 bits per heavy atom. The lowest BCUT2D eigenvalue weighted by atomic mass is 9.98. The molecular weight excluding hydrogens is 623 g/mol. The summed E-state index contributed by atoms with van der Waals surface area (Å²) >= 11 is 0. The predicted octanol–water partition coefficient (Wildman–Crippen LogP) is 12.4. The third kappa shape index (κ3) is 4.96. The molecule has 0 bridgehead atoms. The molecule has 10 rings (SSSR count). The minimum absolute atomic E-state index is 0.613. The summed E-state index contributed by atoms with van der Waals surface area (Å²) in [5, 5.41) is 6.34. The van der Waals surface area contributed by atoms with E-state index in [9.17, 15) is 0 Å². The van der Waals surface area contributed by atoms with Gasteiger partial charge in [-0.2, -0.15) is 0 Å². The molecule has 4 nitrogen and oxygen atoms in total. The van der Waals surface area contributed by atoms with Gasteiger partial charge in [0, 0.05) is 38.4 Å². The molecule has 10 aromatic rings. The first-order valence-electron chi connectivity index (χ1n) is 17.1. The molecule has 0 saturated heterocycles. The molecule has 51 heavy (non-hydrogen) atoms. The number of para-hydroxylation sites is 1. The Morgan fingerprint density at radius 1 is 0.294 bits per heavy atom. The number of rotatable bonds is 5. The van der Waals surface area contributed by atoms with Gasteiger partial charge in [-0.1, -0.05) is 170 Å². The van der Waals surface area contributed by atoms with E-state index in [4.69, 9.17) is 19.4 Å². The average Bonchev–Trinajstić information content (AvgIpc) is 3.60. The smallest absolute Gasteiger partial charge is 0.164 e. The first kappa shape index (κ1) is 29.0. The molecule has 238 valence electrons. The number of hydrogen-bond donors (Lipinski definition) is 0. The lowest BCUT2D eigenvalue weighted by Gasteiger charge is -2.12. The highest BCUT2D eigenvalue weighted by atomic mass is 16.3. The maximum Gasteiger partial charge on any atom is 0.164 e. The van der Waals surface area contributed by atoms with Crippen molar-refractivity contribution < 1.29 is 4.42 Å². The Balaban J connectivity index is 1.23. The van der Waals surface area contributed by atoms with E-state index in [1.54, 1.807) is 0 Å². The molecule has 2 heterocycles. The second-order valence-corrected chi connectivity index (χ2v) is 12.8. The van der Waals surface area contributed by atoms with Gasteiger partial charge in [0.25, 0.3) is 0 Å². The molecule has 2 aromatic heterocycles. The molecule has 0 radical (unpaired) electrons. The summed E-state index contributed by atoms with van der Waals surface area (Å²) in [6.07, 6.45) is 0. The first-order chi connectivity index (χ1) is 25.3. The van der Waals surface area contributed by atoms with Crippen molar-refractivity contribution in [1.29, 1.82) is 0 Å². The summed E-state index contributed by atoms with van der Waals surface area (Å²) in [5.41, 5.74) is 9.02. The van der Waals surface area contributed by atoms with E-state index in [-0.39, 0.29) is 0 Å². The highest BCUT2D eigenvalue weighted by Gasteiger charge is 2.20. The SMILES string of the molecule is c1ccc(-c2ccc(-c3nc(-c4cccc5ccccc45)nc(-c4cc5c6cccc(-c7ccccc7)c6oc5c5ccccc45)n3)cc2)cc1. The van der Waals surface area contributed by atoms with Crippen molar-refractivity contribution >= 4 is 43.5 Å². The van der Waals surface area contributed by atoms with Crippen molar-refractivity contribution in [2.24, 2.45) is 0 Å². The van der Waals surface area contributed by atoms with E-state index in [2.05, 4.69) is 164 Å². The van der Waals surface area contributed by atoms with Crippen molar-refractivity contribution in [1.82, 2.24) is 15.0 Å². The van der Waals surface area contributed by atoms with Crippen LogP contribution >= 0.6 is 0 Å². The van der Waals surface area contributed by atoms with E-state index in [0.29, 0.717) is 17.5 Å². The van der Waals surface area contributed by atoms with Crippen LogP contribution in [0.25, 0.3) is 99.9 Å². The molecule has 0 unspecified atom stereocenters. The molecule has 0 aliphatic heterocycles. The minimum Gasteiger partial charge on any atom is -0.455 e. The molecule has 0 fully saturated rings. The Bertz CT molecular complexity index is 2890. The Hall–Kier alpha value is -6.91. The van der Waals surface area contributed by atoms with Crippen molar-refractivity contribution in [3.63, 3.8) is 0 Å². The van der Waals surface area contributed by atoms with Crippen LogP contribution in [0.5, 0.6) is 0 Å². The van der Waals surface area contributed by atoms with Crippen molar-refractivity contribution in [3.05, 3.63) is 176 Å². The van der Waals surface area contributed by atoms with Crippen LogP contribution in [0, 0.1) is 0 Å². The largest absolute Gasteiger partial charge is 0.455 e. The summed E-state index contributed by atoms with van der Waals surface area (Å²) in [6.45, 7) is 0. The number of furan rings is 1. The topological polar surface area (TPSA) is 51.8 Å². The van der Waals surface area contributed by atoms with Gasteiger partial charge >= 0.3 is 0 Å². The van der Waals surface area contributed by atoms with E-state index in [0.717, 1.165) is 76.9 Å². The van der Waals surface area contributed by atoms with Gasteiger partial charge in [-0.05, 0) is 38.9 Å². The summed E-state index contributed by atoms with van der Waals surface area (Å²) < 4.78 is 6.77. The van der Waals surface area contributed by atoms with Crippen LogP contribution in [0.2, 0.25) is 0 Å². The summed E-state index contributed by atoms with van der Waals surface area (Å²) in [4.78, 5) is 15.6. The molecular formula is C47H29N3O. The maximum absolute atomic E-state index is 6.77. The molecule has 0 aliphatic rings. The van der Waals surface area contributed by atoms with E-state index >= 15 is 0 Å². The van der Waals surface area contributed by atoms with Crippen LogP contribution in [0.4, 0.5) is 0 Å². The Kier molecular flexibility index (Phi) is 6.78. The van der Waals surface area contributed by atoms with Crippen molar-refractivity contribution in [2.75, 3.05) is 0 Å². The molecule has 0 amide bonds. The molecule has 8 aromatic carbocycles. The normalized spacial score (nSPS) is 11.5. The number of nitrogens with zero attached hydrogens (tertiary/aromatic N) is 3. The van der Waals surface area contributed by atoms with E-state index in [1.165, 1.54) is 5.56 Å². The quantitative estimate of drug-likeness (QED) is 0.186. The van der Waals surface area contributed by atoms with Crippen LogP contribution in [0.1, 0.15) is 0 Å². The van der Waals surface area contributed by atoms with Gasteiger partial charge in [0.2, 0.25) is 0 Å². The van der Waals surface area contributed by atoms with Gasteiger partial charge in [0.1, 0.15) is 11.2 Å². The molecule has 0 saturated carbocycles. The van der Waals surface area contributed by atoms with Gasteiger partial charge in [-0.25, -0.2) is 15.0 Å². The highest BCUT2D eigenvalue weighted by molar-refractivity contribution is 6.20. The summed E-state index contributed by atoms with van der Waals surface area (Å²) in [5.74, 6) is 1.86. The lowest BCUT2D eigenvalue weighted by Crippen LogP contribution is -2.01. The third-order valence-electron chi connectivity index (χ3n) is 9.75. The standard InChI is InChI=1S/C47H29N3O/c1-3-13-30(14-4-1)31-25-27-34(28-26-31)45-48-46(40-24-11-18-32-17-7-8-19-35(32)40)50-47(49-45)42-29-41-39-23-12-22-36(33-15-5-2-6-16-33)43(39)51-44(41)38-21-10-9-20-37(38)42/h1-29H. The van der Waals surface area contributed by atoms with Crippen molar-refractivity contribution in [2.45, 2.75) is 0 Å². The summed E-state index contributed by atoms with van der Waals surface area (Å²) in [7, 11) is 0. The van der Waals surface area contributed by atoms with Gasteiger partial charge in [0.05, 0.1) is 0 Å². The van der Waals surface area contributed by atoms with Crippen molar-refractivity contribution in [3.8, 4) is 56.4 Å². The molecule has 0 spiro atoms. The predicted molar refractivity (Wildman–Crippen MR) is 209 cm³/mol.